The highest BCUT2D eigenvalue weighted by Crippen LogP contribution is 2.44. The van der Waals surface area contributed by atoms with E-state index in [-0.39, 0.29) is 12.1 Å². The molecule has 0 aliphatic carbocycles. The number of nitrogens with zero attached hydrogens (tertiary/aromatic N) is 4. The van der Waals surface area contributed by atoms with Crippen molar-refractivity contribution in [1.29, 1.82) is 0 Å². The summed E-state index contributed by atoms with van der Waals surface area (Å²) in [7, 11) is 1.69. The molecule has 6 rings (SSSR count). The third-order valence-electron chi connectivity index (χ3n) is 7.70. The molecule has 4 heterocycles. The molecule has 2 aromatic heterocycles. The van der Waals surface area contributed by atoms with Crippen molar-refractivity contribution in [3.05, 3.63) is 102 Å². The van der Waals surface area contributed by atoms with Crippen LogP contribution in [0.15, 0.2) is 79.0 Å². The van der Waals surface area contributed by atoms with Crippen LogP contribution in [0.1, 0.15) is 34.7 Å². The van der Waals surface area contributed by atoms with E-state index in [1.807, 2.05) is 36.5 Å². The first kappa shape index (κ1) is 25.4. The summed E-state index contributed by atoms with van der Waals surface area (Å²) in [6.45, 7) is 7.76. The second-order valence-electron chi connectivity index (χ2n) is 9.98. The molecule has 2 aliphatic rings. The van der Waals surface area contributed by atoms with Gasteiger partial charge in [0.05, 0.1) is 38.1 Å². The number of rotatable bonds is 6. The zero-order chi connectivity index (χ0) is 26.9. The topological polar surface area (TPSA) is 54.8 Å². The lowest BCUT2D eigenvalue weighted by Gasteiger charge is -2.29. The molecule has 39 heavy (non-hydrogen) atoms. The Labute approximate surface area is 235 Å². The first-order valence-corrected chi connectivity index (χ1v) is 13.7. The van der Waals surface area contributed by atoms with E-state index in [0.717, 1.165) is 49.1 Å². The molecule has 0 bridgehead atoms. The van der Waals surface area contributed by atoms with Gasteiger partial charge in [0.25, 0.3) is 0 Å². The van der Waals surface area contributed by atoms with Crippen molar-refractivity contribution >= 4 is 28.7 Å². The summed E-state index contributed by atoms with van der Waals surface area (Å²) in [5.41, 5.74) is 7.86. The van der Waals surface area contributed by atoms with Gasteiger partial charge in [-0.1, -0.05) is 12.1 Å². The molecule has 200 valence electrons. The van der Waals surface area contributed by atoms with Crippen LogP contribution in [0.2, 0.25) is 0 Å². The van der Waals surface area contributed by atoms with E-state index >= 15 is 0 Å². The van der Waals surface area contributed by atoms with Crippen LogP contribution in [-0.4, -0.2) is 48.1 Å². The number of hydrogen-bond donors (Lipinski definition) is 1. The fraction of sp³-hybridized carbons (Fsp3) is 0.290. The van der Waals surface area contributed by atoms with Gasteiger partial charge in [0.15, 0.2) is 5.11 Å². The molecule has 8 heteroatoms. The van der Waals surface area contributed by atoms with E-state index in [2.05, 4.69) is 76.0 Å². The van der Waals surface area contributed by atoms with Gasteiger partial charge in [-0.2, -0.15) is 0 Å². The van der Waals surface area contributed by atoms with E-state index in [4.69, 9.17) is 26.7 Å². The quantitative estimate of drug-likeness (QED) is 0.324. The standard InChI is InChI=1S/C31H33N5O2S/c1-21-19-27(22(2)35(21)24-12-10-23(11-13-24)34-15-17-38-18-16-34)30-29(28-9-4-5-14-32-28)33-31(39)36(30)25-7-6-8-26(20-25)37-3/h4-14,19-20,29-30H,15-18H2,1-3H3,(H,33,39)/t29-,30+/m0/s1. The monoisotopic (exact) mass is 539 g/mol. The normalized spacial score (nSPS) is 19.3. The highest BCUT2D eigenvalue weighted by molar-refractivity contribution is 7.80. The number of methoxy groups -OCH3 is 1. The number of benzene rings is 2. The zero-order valence-corrected chi connectivity index (χ0v) is 23.3. The van der Waals surface area contributed by atoms with Gasteiger partial charge in [-0.05, 0) is 86.2 Å². The Morgan fingerprint density at radius 3 is 2.41 bits per heavy atom. The summed E-state index contributed by atoms with van der Waals surface area (Å²) in [4.78, 5) is 9.29. The van der Waals surface area contributed by atoms with Crippen LogP contribution < -0.4 is 19.9 Å². The summed E-state index contributed by atoms with van der Waals surface area (Å²) < 4.78 is 13.4. The van der Waals surface area contributed by atoms with Crippen LogP contribution in [0.4, 0.5) is 11.4 Å². The number of thiocarbonyl (C=S) groups is 1. The van der Waals surface area contributed by atoms with Crippen LogP contribution in [0.3, 0.4) is 0 Å². The maximum Gasteiger partial charge on any atom is 0.174 e. The second-order valence-corrected chi connectivity index (χ2v) is 10.4. The molecule has 0 amide bonds. The SMILES string of the molecule is COc1cccc(N2C(=S)N[C@@H](c3ccccn3)[C@H]2c2cc(C)n(-c3ccc(N4CCOCC4)cc3)c2C)c1. The number of nitrogens with one attached hydrogen (secondary N) is 1. The largest absolute Gasteiger partial charge is 0.497 e. The molecular weight excluding hydrogens is 506 g/mol. The van der Waals surface area contributed by atoms with Gasteiger partial charge in [0, 0.05) is 53.8 Å². The Morgan fingerprint density at radius 2 is 1.69 bits per heavy atom. The molecular formula is C31H33N5O2S. The predicted molar refractivity (Wildman–Crippen MR) is 159 cm³/mol. The smallest absolute Gasteiger partial charge is 0.174 e. The van der Waals surface area contributed by atoms with Crippen molar-refractivity contribution in [3.8, 4) is 11.4 Å². The molecule has 0 radical (unpaired) electrons. The van der Waals surface area contributed by atoms with E-state index in [1.165, 1.54) is 22.6 Å². The number of aromatic nitrogens is 2. The van der Waals surface area contributed by atoms with E-state index in [9.17, 15) is 0 Å². The Kier molecular flexibility index (Phi) is 6.97. The molecule has 2 atom stereocenters. The summed E-state index contributed by atoms with van der Waals surface area (Å²) >= 11 is 5.93. The molecule has 4 aromatic rings. The lowest BCUT2D eigenvalue weighted by Crippen LogP contribution is -2.36. The van der Waals surface area contributed by atoms with Gasteiger partial charge < -0.3 is 29.2 Å². The van der Waals surface area contributed by atoms with Crippen molar-refractivity contribution in [2.24, 2.45) is 0 Å². The zero-order valence-electron chi connectivity index (χ0n) is 22.5. The first-order chi connectivity index (χ1) is 19.0. The maximum atomic E-state index is 5.93. The van der Waals surface area contributed by atoms with Crippen LogP contribution in [0.25, 0.3) is 5.69 Å². The van der Waals surface area contributed by atoms with Crippen LogP contribution in [0.5, 0.6) is 5.75 Å². The fourth-order valence-electron chi connectivity index (χ4n) is 5.83. The van der Waals surface area contributed by atoms with E-state index < -0.39 is 0 Å². The predicted octanol–water partition coefficient (Wildman–Crippen LogP) is 5.51. The highest BCUT2D eigenvalue weighted by atomic mass is 32.1. The van der Waals surface area contributed by atoms with Crippen molar-refractivity contribution in [1.82, 2.24) is 14.9 Å². The third kappa shape index (κ3) is 4.75. The Hall–Kier alpha value is -3.88. The lowest BCUT2D eigenvalue weighted by molar-refractivity contribution is 0.122. The molecule has 7 nitrogen and oxygen atoms in total. The van der Waals surface area contributed by atoms with Gasteiger partial charge >= 0.3 is 0 Å². The first-order valence-electron chi connectivity index (χ1n) is 13.3. The van der Waals surface area contributed by atoms with Gasteiger partial charge in [0.2, 0.25) is 0 Å². The number of anilines is 2. The van der Waals surface area contributed by atoms with Crippen molar-refractivity contribution in [2.75, 3.05) is 43.2 Å². The van der Waals surface area contributed by atoms with Crippen LogP contribution in [-0.2, 0) is 4.74 Å². The van der Waals surface area contributed by atoms with Crippen molar-refractivity contribution < 1.29 is 9.47 Å². The molecule has 2 aromatic carbocycles. The molecule has 1 N–H and O–H groups in total. The Morgan fingerprint density at radius 1 is 0.923 bits per heavy atom. The minimum Gasteiger partial charge on any atom is -0.497 e. The number of ether oxygens (including phenoxy) is 2. The van der Waals surface area contributed by atoms with Gasteiger partial charge in [0.1, 0.15) is 5.75 Å². The van der Waals surface area contributed by atoms with Crippen LogP contribution >= 0.6 is 12.2 Å². The van der Waals surface area contributed by atoms with Gasteiger partial charge in [-0.3, -0.25) is 4.98 Å². The highest BCUT2D eigenvalue weighted by Gasteiger charge is 2.42. The number of morpholine rings is 1. The van der Waals surface area contributed by atoms with Crippen LogP contribution in [0, 0.1) is 13.8 Å². The number of pyridine rings is 1. The number of hydrogen-bond acceptors (Lipinski definition) is 5. The summed E-state index contributed by atoms with van der Waals surface area (Å²) in [5, 5.41) is 4.24. The van der Waals surface area contributed by atoms with Gasteiger partial charge in [-0.15, -0.1) is 0 Å². The van der Waals surface area contributed by atoms with Gasteiger partial charge in [-0.25, -0.2) is 0 Å². The maximum absolute atomic E-state index is 5.93. The summed E-state index contributed by atoms with van der Waals surface area (Å²) in [6.07, 6.45) is 1.84. The van der Waals surface area contributed by atoms with E-state index in [1.54, 1.807) is 7.11 Å². The molecule has 0 saturated carbocycles. The summed E-state index contributed by atoms with van der Waals surface area (Å²) in [5.74, 6) is 0.793. The fourth-order valence-corrected chi connectivity index (χ4v) is 6.17. The average Bonchev–Trinajstić information content (AvgIpc) is 3.48. The number of aryl methyl sites for hydroxylation is 1. The third-order valence-corrected chi connectivity index (χ3v) is 8.02. The molecule has 2 saturated heterocycles. The average molecular weight is 540 g/mol. The second kappa shape index (κ2) is 10.7. The Balaban J connectivity index is 1.42. The van der Waals surface area contributed by atoms with Crippen molar-refractivity contribution in [2.45, 2.75) is 25.9 Å². The molecule has 0 spiro atoms. The van der Waals surface area contributed by atoms with E-state index in [0.29, 0.717) is 5.11 Å². The summed E-state index contributed by atoms with van der Waals surface area (Å²) in [6, 6.07) is 25.0. The minimum absolute atomic E-state index is 0.0907. The molecule has 0 unspecified atom stereocenters. The lowest BCUT2D eigenvalue weighted by atomic mass is 9.96. The molecule has 2 aliphatic heterocycles. The van der Waals surface area contributed by atoms with Crippen molar-refractivity contribution in [3.63, 3.8) is 0 Å². The molecule has 2 fully saturated rings. The minimum atomic E-state index is -0.109. The Bertz CT molecular complexity index is 1460.